The summed E-state index contributed by atoms with van der Waals surface area (Å²) >= 11 is 0. The fourth-order valence-corrected chi connectivity index (χ4v) is 2.68. The molecule has 0 radical (unpaired) electrons. The number of hydrogen-bond acceptors (Lipinski definition) is 2. The molecule has 1 aliphatic heterocycles. The predicted molar refractivity (Wildman–Crippen MR) is 77.2 cm³/mol. The Hall–Kier alpha value is -1.57. The van der Waals surface area contributed by atoms with Crippen LogP contribution in [0.1, 0.15) is 44.7 Å². The van der Waals surface area contributed by atoms with Crippen molar-refractivity contribution in [2.45, 2.75) is 45.6 Å². The minimum Gasteiger partial charge on any atom is -0.365 e. The number of hydrogen-bond donors (Lipinski definition) is 1. The van der Waals surface area contributed by atoms with E-state index in [0.29, 0.717) is 5.92 Å². The molecule has 0 spiro atoms. The third-order valence-corrected chi connectivity index (χ3v) is 3.67. The smallest absolute Gasteiger partial charge is 0.130 e. The Morgan fingerprint density at radius 1 is 1.22 bits per heavy atom. The summed E-state index contributed by atoms with van der Waals surface area (Å²) in [6, 6.07) is 8.90. The van der Waals surface area contributed by atoms with Gasteiger partial charge in [-0.1, -0.05) is 19.9 Å². The van der Waals surface area contributed by atoms with E-state index < -0.39 is 0 Å². The van der Waals surface area contributed by atoms with Crippen LogP contribution >= 0.6 is 0 Å². The van der Waals surface area contributed by atoms with Gasteiger partial charge in [0.15, 0.2) is 0 Å². The van der Waals surface area contributed by atoms with Crippen LogP contribution in [0.25, 0.3) is 10.9 Å². The Labute approximate surface area is 108 Å². The highest BCUT2D eigenvalue weighted by Crippen LogP contribution is 2.33. The van der Waals surface area contributed by atoms with E-state index in [1.807, 2.05) is 0 Å². The molecule has 18 heavy (non-hydrogen) atoms. The highest BCUT2D eigenvalue weighted by molar-refractivity contribution is 5.83. The van der Waals surface area contributed by atoms with Crippen LogP contribution in [0.15, 0.2) is 24.3 Å². The average Bonchev–Trinajstić information content (AvgIpc) is 2.57. The van der Waals surface area contributed by atoms with Gasteiger partial charge in [0, 0.05) is 10.9 Å². The summed E-state index contributed by atoms with van der Waals surface area (Å²) in [5.41, 5.74) is 3.94. The van der Waals surface area contributed by atoms with Crippen molar-refractivity contribution < 1.29 is 0 Å². The van der Waals surface area contributed by atoms with Gasteiger partial charge in [-0.25, -0.2) is 4.98 Å². The van der Waals surface area contributed by atoms with Crippen LogP contribution in [-0.2, 0) is 6.42 Å². The molecule has 2 nitrogen and oxygen atoms in total. The first-order valence-electron chi connectivity index (χ1n) is 6.66. The van der Waals surface area contributed by atoms with Crippen molar-refractivity contribution in [3.63, 3.8) is 0 Å². The monoisotopic (exact) mass is 240 g/mol. The van der Waals surface area contributed by atoms with E-state index in [9.17, 15) is 0 Å². The first-order chi connectivity index (χ1) is 8.44. The summed E-state index contributed by atoms with van der Waals surface area (Å²) in [5.74, 6) is 1.63. The van der Waals surface area contributed by atoms with E-state index in [2.05, 4.69) is 57.3 Å². The van der Waals surface area contributed by atoms with Crippen molar-refractivity contribution in [3.05, 3.63) is 35.4 Å². The molecule has 1 aromatic heterocycles. The topological polar surface area (TPSA) is 24.9 Å². The van der Waals surface area contributed by atoms with Crippen molar-refractivity contribution in [3.8, 4) is 0 Å². The second-order valence-electron chi connectivity index (χ2n) is 6.29. The SMILES string of the molecule is CC(C)c1ccc2nc3c(cc2c1)CC(C)(C)N3. The highest BCUT2D eigenvalue weighted by Gasteiger charge is 2.28. The lowest BCUT2D eigenvalue weighted by molar-refractivity contribution is 0.593. The number of benzene rings is 1. The van der Waals surface area contributed by atoms with E-state index in [-0.39, 0.29) is 5.54 Å². The summed E-state index contributed by atoms with van der Waals surface area (Å²) in [5, 5.41) is 4.76. The van der Waals surface area contributed by atoms with Gasteiger partial charge < -0.3 is 5.32 Å². The normalized spacial score (nSPS) is 16.9. The summed E-state index contributed by atoms with van der Waals surface area (Å²) in [4.78, 5) is 4.74. The zero-order valence-electron chi connectivity index (χ0n) is 11.5. The number of nitrogens with zero attached hydrogens (tertiary/aromatic N) is 1. The van der Waals surface area contributed by atoms with Gasteiger partial charge in [0.1, 0.15) is 5.82 Å². The molecule has 1 N–H and O–H groups in total. The van der Waals surface area contributed by atoms with Gasteiger partial charge in [0.2, 0.25) is 0 Å². The van der Waals surface area contributed by atoms with E-state index in [1.54, 1.807) is 0 Å². The molecule has 0 unspecified atom stereocenters. The zero-order chi connectivity index (χ0) is 12.9. The van der Waals surface area contributed by atoms with Crippen LogP contribution in [0.4, 0.5) is 5.82 Å². The van der Waals surface area contributed by atoms with Gasteiger partial charge in [-0.2, -0.15) is 0 Å². The largest absolute Gasteiger partial charge is 0.365 e. The minimum absolute atomic E-state index is 0.133. The quantitative estimate of drug-likeness (QED) is 0.811. The van der Waals surface area contributed by atoms with Crippen molar-refractivity contribution >= 4 is 16.7 Å². The maximum atomic E-state index is 4.74. The van der Waals surface area contributed by atoms with Gasteiger partial charge in [-0.05, 0) is 55.5 Å². The second kappa shape index (κ2) is 3.71. The lowest BCUT2D eigenvalue weighted by atomic mass is 9.98. The number of aromatic nitrogens is 1. The molecule has 0 saturated heterocycles. The van der Waals surface area contributed by atoms with Crippen molar-refractivity contribution in [1.82, 2.24) is 4.98 Å². The molecule has 0 fully saturated rings. The fraction of sp³-hybridized carbons (Fsp3) is 0.438. The number of rotatable bonds is 1. The third-order valence-electron chi connectivity index (χ3n) is 3.67. The van der Waals surface area contributed by atoms with Gasteiger partial charge in [0.05, 0.1) is 5.52 Å². The van der Waals surface area contributed by atoms with Crippen LogP contribution in [0, 0.1) is 0 Å². The molecule has 3 rings (SSSR count). The highest BCUT2D eigenvalue weighted by atomic mass is 15.1. The maximum Gasteiger partial charge on any atom is 0.130 e. The number of nitrogens with one attached hydrogen (secondary N) is 1. The van der Waals surface area contributed by atoms with Crippen molar-refractivity contribution in [2.24, 2.45) is 0 Å². The molecule has 1 aliphatic rings. The molecule has 2 heterocycles. The molecule has 0 atom stereocenters. The fourth-order valence-electron chi connectivity index (χ4n) is 2.68. The number of anilines is 1. The number of fused-ring (bicyclic) bond motifs is 2. The molecule has 0 saturated carbocycles. The van der Waals surface area contributed by atoms with Crippen molar-refractivity contribution in [1.29, 1.82) is 0 Å². The minimum atomic E-state index is 0.133. The Morgan fingerprint density at radius 2 is 2.00 bits per heavy atom. The Morgan fingerprint density at radius 3 is 2.72 bits per heavy atom. The molecular formula is C16H20N2. The van der Waals surface area contributed by atoms with Gasteiger partial charge >= 0.3 is 0 Å². The van der Waals surface area contributed by atoms with Gasteiger partial charge in [0.25, 0.3) is 0 Å². The molecule has 0 amide bonds. The molecule has 0 aliphatic carbocycles. The molecule has 94 valence electrons. The average molecular weight is 240 g/mol. The summed E-state index contributed by atoms with van der Waals surface area (Å²) < 4.78 is 0. The Balaban J connectivity index is 2.14. The standard InChI is InChI=1S/C16H20N2/c1-10(2)11-5-6-14-12(7-11)8-13-9-16(3,4)18-15(13)17-14/h5-8,10H,9H2,1-4H3,(H,17,18). The lowest BCUT2D eigenvalue weighted by Gasteiger charge is -2.17. The molecule has 1 aromatic carbocycles. The first-order valence-corrected chi connectivity index (χ1v) is 6.66. The van der Waals surface area contributed by atoms with E-state index in [0.717, 1.165) is 17.8 Å². The Kier molecular flexibility index (Phi) is 2.37. The van der Waals surface area contributed by atoms with Gasteiger partial charge in [-0.3, -0.25) is 0 Å². The Bertz CT molecular complexity index is 612. The molecule has 0 bridgehead atoms. The molecular weight excluding hydrogens is 220 g/mol. The maximum absolute atomic E-state index is 4.74. The predicted octanol–water partition coefficient (Wildman–Crippen LogP) is 4.10. The van der Waals surface area contributed by atoms with Crippen LogP contribution < -0.4 is 5.32 Å². The lowest BCUT2D eigenvalue weighted by Crippen LogP contribution is -2.27. The summed E-state index contributed by atoms with van der Waals surface area (Å²) in [7, 11) is 0. The van der Waals surface area contributed by atoms with Crippen LogP contribution in [0.2, 0.25) is 0 Å². The van der Waals surface area contributed by atoms with Gasteiger partial charge in [-0.15, -0.1) is 0 Å². The van der Waals surface area contributed by atoms with Crippen LogP contribution in [-0.4, -0.2) is 10.5 Å². The first kappa shape index (κ1) is 11.5. The van der Waals surface area contributed by atoms with Crippen LogP contribution in [0.3, 0.4) is 0 Å². The summed E-state index contributed by atoms with van der Waals surface area (Å²) in [6.45, 7) is 8.90. The summed E-state index contributed by atoms with van der Waals surface area (Å²) in [6.07, 6.45) is 1.05. The molecule has 2 aromatic rings. The van der Waals surface area contributed by atoms with Crippen molar-refractivity contribution in [2.75, 3.05) is 5.32 Å². The second-order valence-corrected chi connectivity index (χ2v) is 6.29. The van der Waals surface area contributed by atoms with E-state index >= 15 is 0 Å². The number of pyridine rings is 1. The third kappa shape index (κ3) is 1.86. The van der Waals surface area contributed by atoms with E-state index in [4.69, 9.17) is 4.98 Å². The van der Waals surface area contributed by atoms with Crippen LogP contribution in [0.5, 0.6) is 0 Å². The van der Waals surface area contributed by atoms with E-state index in [1.165, 1.54) is 16.5 Å². The molecule has 2 heteroatoms. The zero-order valence-corrected chi connectivity index (χ0v) is 11.5.